The Labute approximate surface area is 193 Å². The number of amides is 2. The third-order valence-electron chi connectivity index (χ3n) is 5.79. The summed E-state index contributed by atoms with van der Waals surface area (Å²) in [7, 11) is 0. The molecule has 0 saturated carbocycles. The van der Waals surface area contributed by atoms with Crippen LogP contribution in [0.2, 0.25) is 0 Å². The second-order valence-electron chi connectivity index (χ2n) is 8.43. The van der Waals surface area contributed by atoms with Gasteiger partial charge in [0.05, 0.1) is 4.91 Å². The largest absolute Gasteiger partial charge is 0.318 e. The summed E-state index contributed by atoms with van der Waals surface area (Å²) in [4.78, 5) is 27.3. The fraction of sp³-hybridized carbons (Fsp3) is 0.259. The zero-order chi connectivity index (χ0) is 22.8. The van der Waals surface area contributed by atoms with Crippen LogP contribution < -0.4 is 0 Å². The number of benzene rings is 2. The van der Waals surface area contributed by atoms with Crippen LogP contribution in [0.15, 0.2) is 59.5 Å². The van der Waals surface area contributed by atoms with Gasteiger partial charge in [0.1, 0.15) is 0 Å². The van der Waals surface area contributed by atoms with Gasteiger partial charge in [-0.25, -0.2) is 0 Å². The topological polar surface area (TPSA) is 42.3 Å². The maximum absolute atomic E-state index is 12.9. The minimum Gasteiger partial charge on any atom is -0.318 e. The fourth-order valence-electron chi connectivity index (χ4n) is 4.33. The third-order valence-corrected chi connectivity index (χ3v) is 6.69. The van der Waals surface area contributed by atoms with Crippen molar-refractivity contribution in [2.24, 2.45) is 0 Å². The van der Waals surface area contributed by atoms with Crippen LogP contribution in [0.4, 0.5) is 4.79 Å². The number of carbonyl (C=O) groups excluding carboxylic acids is 2. The second kappa shape index (κ2) is 9.21. The van der Waals surface area contributed by atoms with E-state index in [1.54, 1.807) is 0 Å². The van der Waals surface area contributed by atoms with Crippen molar-refractivity contribution >= 4 is 29.0 Å². The lowest BCUT2D eigenvalue weighted by Crippen LogP contribution is -2.29. The van der Waals surface area contributed by atoms with Gasteiger partial charge in [0.15, 0.2) is 0 Å². The molecule has 164 valence electrons. The van der Waals surface area contributed by atoms with Gasteiger partial charge >= 0.3 is 0 Å². The second-order valence-corrected chi connectivity index (χ2v) is 9.42. The molecule has 1 aromatic heterocycles. The zero-order valence-corrected chi connectivity index (χ0v) is 19.8. The van der Waals surface area contributed by atoms with Crippen molar-refractivity contribution in [3.8, 4) is 5.69 Å². The average Bonchev–Trinajstić information content (AvgIpc) is 3.17. The summed E-state index contributed by atoms with van der Waals surface area (Å²) < 4.78 is 2.20. The number of hydrogen-bond donors (Lipinski definition) is 0. The Hall–Kier alpha value is -3.05. The maximum Gasteiger partial charge on any atom is 0.293 e. The fourth-order valence-corrected chi connectivity index (χ4v) is 5.19. The van der Waals surface area contributed by atoms with Crippen molar-refractivity contribution in [2.75, 3.05) is 6.54 Å². The van der Waals surface area contributed by atoms with Crippen LogP contribution in [-0.2, 0) is 11.2 Å². The predicted octanol–water partition coefficient (Wildman–Crippen LogP) is 6.38. The van der Waals surface area contributed by atoms with E-state index >= 15 is 0 Å². The van der Waals surface area contributed by atoms with Crippen LogP contribution in [0.5, 0.6) is 0 Å². The normalized spacial score (nSPS) is 15.2. The first-order valence-corrected chi connectivity index (χ1v) is 11.7. The molecule has 1 aliphatic heterocycles. The van der Waals surface area contributed by atoms with Crippen molar-refractivity contribution < 1.29 is 9.59 Å². The van der Waals surface area contributed by atoms with Crippen LogP contribution in [0, 0.1) is 27.7 Å². The van der Waals surface area contributed by atoms with Gasteiger partial charge in [-0.2, -0.15) is 0 Å². The van der Waals surface area contributed by atoms with Gasteiger partial charge in [0.25, 0.3) is 11.1 Å². The maximum atomic E-state index is 12.9. The molecule has 0 atom stereocenters. The molecule has 5 heteroatoms. The van der Waals surface area contributed by atoms with Gasteiger partial charge in [-0.05, 0) is 98.8 Å². The highest BCUT2D eigenvalue weighted by molar-refractivity contribution is 8.18. The van der Waals surface area contributed by atoms with Crippen LogP contribution in [0.1, 0.15) is 40.1 Å². The summed E-state index contributed by atoms with van der Waals surface area (Å²) in [6, 6.07) is 18.7. The molecule has 0 N–H and O–H groups in total. The molecule has 2 amide bonds. The standard InChI is InChI=1S/C27H28N2O2S/c1-18-13-19(2)15-24(14-18)29-20(3)16-23(21(29)4)17-25-26(30)28(27(31)32-25)12-8-11-22-9-6-5-7-10-22/h5-7,9-10,13-17H,8,11-12H2,1-4H3/b25-17+. The van der Waals surface area contributed by atoms with E-state index in [-0.39, 0.29) is 11.1 Å². The van der Waals surface area contributed by atoms with E-state index < -0.39 is 0 Å². The molecule has 1 saturated heterocycles. The monoisotopic (exact) mass is 444 g/mol. The molecule has 0 spiro atoms. The Morgan fingerprint density at radius 3 is 2.28 bits per heavy atom. The van der Waals surface area contributed by atoms with Crippen molar-refractivity contribution in [2.45, 2.75) is 40.5 Å². The molecule has 1 aliphatic rings. The minimum absolute atomic E-state index is 0.183. The van der Waals surface area contributed by atoms with Gasteiger partial charge < -0.3 is 4.57 Å². The summed E-state index contributed by atoms with van der Waals surface area (Å²) in [6.07, 6.45) is 3.47. The molecule has 4 nitrogen and oxygen atoms in total. The van der Waals surface area contributed by atoms with Gasteiger partial charge in [0, 0.05) is 23.6 Å². The third kappa shape index (κ3) is 4.58. The van der Waals surface area contributed by atoms with E-state index in [1.165, 1.54) is 21.6 Å². The lowest BCUT2D eigenvalue weighted by molar-refractivity contribution is -0.122. The summed E-state index contributed by atoms with van der Waals surface area (Å²) in [5, 5.41) is -0.183. The molecular formula is C27H28N2O2S. The molecular weight excluding hydrogens is 416 g/mol. The number of imide groups is 1. The van der Waals surface area contributed by atoms with Crippen molar-refractivity contribution in [1.29, 1.82) is 0 Å². The quantitative estimate of drug-likeness (QED) is 0.414. The molecule has 0 unspecified atom stereocenters. The highest BCUT2D eigenvalue weighted by Gasteiger charge is 2.34. The van der Waals surface area contributed by atoms with Crippen molar-refractivity contribution in [1.82, 2.24) is 9.47 Å². The Morgan fingerprint density at radius 1 is 0.906 bits per heavy atom. The number of thioether (sulfide) groups is 1. The molecule has 0 radical (unpaired) electrons. The molecule has 0 bridgehead atoms. The van der Waals surface area contributed by atoms with Crippen molar-refractivity contribution in [3.05, 3.63) is 93.1 Å². The Morgan fingerprint density at radius 2 is 1.59 bits per heavy atom. The smallest absolute Gasteiger partial charge is 0.293 e. The molecule has 2 heterocycles. The molecule has 32 heavy (non-hydrogen) atoms. The molecule has 1 fully saturated rings. The highest BCUT2D eigenvalue weighted by atomic mass is 32.2. The summed E-state index contributed by atoms with van der Waals surface area (Å²) >= 11 is 1.04. The highest BCUT2D eigenvalue weighted by Crippen LogP contribution is 2.34. The number of hydrogen-bond acceptors (Lipinski definition) is 3. The Balaban J connectivity index is 1.53. The number of aromatic nitrogens is 1. The first-order valence-electron chi connectivity index (χ1n) is 10.9. The number of rotatable bonds is 6. The molecule has 3 aromatic rings. The van der Waals surface area contributed by atoms with E-state index in [4.69, 9.17) is 0 Å². The minimum atomic E-state index is -0.190. The van der Waals surface area contributed by atoms with E-state index in [9.17, 15) is 9.59 Å². The first-order chi connectivity index (χ1) is 15.3. The SMILES string of the molecule is Cc1cc(C)cc(-n2c(C)cc(/C=C3/SC(=O)N(CCCc4ccccc4)C3=O)c2C)c1. The number of carbonyl (C=O) groups is 2. The number of nitrogens with zero attached hydrogens (tertiary/aromatic N) is 2. The van der Waals surface area contributed by atoms with E-state index in [0.717, 1.165) is 47.2 Å². The summed E-state index contributed by atoms with van der Waals surface area (Å²) in [6.45, 7) is 8.76. The lowest BCUT2D eigenvalue weighted by Gasteiger charge is -2.12. The molecule has 4 rings (SSSR count). The zero-order valence-electron chi connectivity index (χ0n) is 19.0. The average molecular weight is 445 g/mol. The van der Waals surface area contributed by atoms with Crippen molar-refractivity contribution in [3.63, 3.8) is 0 Å². The van der Waals surface area contributed by atoms with Crippen LogP contribution in [0.25, 0.3) is 11.8 Å². The lowest BCUT2D eigenvalue weighted by atomic mass is 10.1. The van der Waals surface area contributed by atoms with E-state index in [0.29, 0.717) is 11.4 Å². The van der Waals surface area contributed by atoms with Gasteiger partial charge in [-0.15, -0.1) is 0 Å². The Bertz CT molecular complexity index is 1190. The summed E-state index contributed by atoms with van der Waals surface area (Å²) in [5.74, 6) is -0.190. The van der Waals surface area contributed by atoms with Crippen LogP contribution in [-0.4, -0.2) is 27.2 Å². The predicted molar refractivity (Wildman–Crippen MR) is 132 cm³/mol. The molecule has 2 aromatic carbocycles. The summed E-state index contributed by atoms with van der Waals surface area (Å²) in [5.41, 5.74) is 7.89. The van der Waals surface area contributed by atoms with Crippen LogP contribution >= 0.6 is 11.8 Å². The Kier molecular flexibility index (Phi) is 6.38. The van der Waals surface area contributed by atoms with E-state index in [2.05, 4.69) is 68.7 Å². The van der Waals surface area contributed by atoms with Gasteiger partial charge in [0.2, 0.25) is 0 Å². The van der Waals surface area contributed by atoms with Crippen LogP contribution in [0.3, 0.4) is 0 Å². The first kappa shape index (κ1) is 22.2. The van der Waals surface area contributed by atoms with E-state index in [1.807, 2.05) is 24.3 Å². The number of aryl methyl sites for hydroxylation is 4. The van der Waals surface area contributed by atoms with Gasteiger partial charge in [-0.3, -0.25) is 14.5 Å². The molecule has 0 aliphatic carbocycles. The van der Waals surface area contributed by atoms with Gasteiger partial charge in [-0.1, -0.05) is 36.4 Å².